The number of hydrogen-bond donors (Lipinski definition) is 0. The van der Waals surface area contributed by atoms with Crippen LogP contribution in [0.2, 0.25) is 0 Å². The Morgan fingerprint density at radius 1 is 0.778 bits per heavy atom. The van der Waals surface area contributed by atoms with Crippen molar-refractivity contribution in [2.24, 2.45) is 0 Å². The molecule has 0 unspecified atom stereocenters. The molecule has 0 saturated heterocycles. The first-order valence-electron chi connectivity index (χ1n) is 5.31. The molecule has 0 amide bonds. The van der Waals surface area contributed by atoms with Gasteiger partial charge in [0, 0.05) is 0 Å². The first kappa shape index (κ1) is 15.5. The first-order chi connectivity index (χ1) is 8.31. The molecule has 0 spiro atoms. The van der Waals surface area contributed by atoms with Gasteiger partial charge in [-0.1, -0.05) is 24.3 Å². The zero-order valence-electron chi connectivity index (χ0n) is 10.9. The van der Waals surface area contributed by atoms with E-state index in [0.717, 1.165) is 20.1 Å². The molecule has 2 nitrogen and oxygen atoms in total. The maximum atomic E-state index is 5.21. The summed E-state index contributed by atoms with van der Waals surface area (Å²) in [6, 6.07) is 16.2. The summed E-state index contributed by atoms with van der Waals surface area (Å²) < 4.78 is 10.4. The normalized spacial score (nSPS) is 9.44. The Morgan fingerprint density at radius 2 is 1.22 bits per heavy atom. The molecular weight excluding hydrogens is 254 g/mol. The average Bonchev–Trinajstić information content (AvgIpc) is 2.39. The van der Waals surface area contributed by atoms with Crippen LogP contribution in [0.25, 0.3) is 0 Å². The molecule has 2 rings (SSSR count). The number of hydrogen-bond acceptors (Lipinski definition) is 2. The molecule has 0 radical (unpaired) electrons. The van der Waals surface area contributed by atoms with Crippen molar-refractivity contribution >= 4 is 19.2 Å². The van der Waals surface area contributed by atoms with Crippen molar-refractivity contribution in [3.63, 3.8) is 0 Å². The van der Waals surface area contributed by atoms with Crippen LogP contribution in [0.1, 0.15) is 0 Å². The minimum Gasteiger partial charge on any atom is -0.497 e. The van der Waals surface area contributed by atoms with Crippen LogP contribution in [0, 0.1) is 0 Å². The second-order valence-corrected chi connectivity index (χ2v) is 4.77. The standard InChI is InChI=1S/C14H14O2P.Na/c1-15-11-5-3-7-13(9-11)17-14-8-4-6-12(10-14)16-2;/h3-10H,1-2H3;/q-1;+1. The summed E-state index contributed by atoms with van der Waals surface area (Å²) >= 11 is 0. The predicted molar refractivity (Wildman–Crippen MR) is 72.2 cm³/mol. The van der Waals surface area contributed by atoms with Crippen molar-refractivity contribution in [1.29, 1.82) is 0 Å². The Morgan fingerprint density at radius 3 is 1.61 bits per heavy atom. The largest absolute Gasteiger partial charge is 1.00 e. The molecule has 0 aliphatic carbocycles. The summed E-state index contributed by atoms with van der Waals surface area (Å²) in [6.45, 7) is 0. The molecule has 88 valence electrons. The Kier molecular flexibility index (Phi) is 6.73. The molecule has 0 saturated carbocycles. The van der Waals surface area contributed by atoms with E-state index in [9.17, 15) is 0 Å². The summed E-state index contributed by atoms with van der Waals surface area (Å²) in [4.78, 5) is 0. The van der Waals surface area contributed by atoms with E-state index in [1.807, 2.05) is 36.4 Å². The van der Waals surface area contributed by atoms with E-state index in [-0.39, 0.29) is 29.6 Å². The van der Waals surface area contributed by atoms with Gasteiger partial charge in [0.05, 0.1) is 14.2 Å². The van der Waals surface area contributed by atoms with Gasteiger partial charge < -0.3 is 18.1 Å². The third kappa shape index (κ3) is 4.29. The van der Waals surface area contributed by atoms with E-state index in [1.165, 1.54) is 10.6 Å². The second kappa shape index (κ2) is 7.81. The van der Waals surface area contributed by atoms with E-state index < -0.39 is 0 Å². The molecule has 0 bridgehead atoms. The minimum absolute atomic E-state index is 0. The topological polar surface area (TPSA) is 18.5 Å². The Hall–Kier alpha value is -0.530. The van der Waals surface area contributed by atoms with E-state index >= 15 is 0 Å². The van der Waals surface area contributed by atoms with Crippen LogP contribution in [0.3, 0.4) is 0 Å². The summed E-state index contributed by atoms with van der Waals surface area (Å²) in [5.74, 6) is 1.77. The number of methoxy groups -OCH3 is 2. The van der Waals surface area contributed by atoms with E-state index in [1.54, 1.807) is 14.2 Å². The van der Waals surface area contributed by atoms with Crippen LogP contribution in [-0.4, -0.2) is 14.2 Å². The number of rotatable bonds is 4. The van der Waals surface area contributed by atoms with Gasteiger partial charge >= 0.3 is 29.6 Å². The summed E-state index contributed by atoms with van der Waals surface area (Å²) in [5, 5.41) is 2.41. The fraction of sp³-hybridized carbons (Fsp3) is 0.143. The Labute approximate surface area is 132 Å². The molecule has 18 heavy (non-hydrogen) atoms. The van der Waals surface area contributed by atoms with Crippen LogP contribution in [0.15, 0.2) is 48.5 Å². The van der Waals surface area contributed by atoms with Crippen LogP contribution < -0.4 is 49.6 Å². The fourth-order valence-electron chi connectivity index (χ4n) is 1.51. The van der Waals surface area contributed by atoms with Crippen LogP contribution in [-0.2, 0) is 0 Å². The molecule has 0 fully saturated rings. The van der Waals surface area contributed by atoms with Crippen LogP contribution >= 0.6 is 8.58 Å². The zero-order chi connectivity index (χ0) is 12.1. The van der Waals surface area contributed by atoms with Gasteiger partial charge in [-0.15, -0.1) is 0 Å². The molecule has 0 aliphatic heterocycles. The van der Waals surface area contributed by atoms with Gasteiger partial charge in [-0.25, -0.2) is 0 Å². The van der Waals surface area contributed by atoms with Gasteiger partial charge in [-0.3, -0.25) is 0 Å². The van der Waals surface area contributed by atoms with E-state index in [4.69, 9.17) is 9.47 Å². The van der Waals surface area contributed by atoms with Crippen molar-refractivity contribution in [2.75, 3.05) is 14.2 Å². The van der Waals surface area contributed by atoms with Crippen molar-refractivity contribution in [3.05, 3.63) is 48.5 Å². The summed E-state index contributed by atoms with van der Waals surface area (Å²) in [7, 11) is 4.52. The third-order valence-electron chi connectivity index (χ3n) is 2.36. The van der Waals surface area contributed by atoms with Crippen molar-refractivity contribution in [3.8, 4) is 11.5 Å². The Bertz CT molecular complexity index is 457. The minimum atomic E-state index is 0. The second-order valence-electron chi connectivity index (χ2n) is 3.51. The van der Waals surface area contributed by atoms with Gasteiger partial charge in [0.2, 0.25) is 0 Å². The first-order valence-corrected chi connectivity index (χ1v) is 6.21. The Balaban J connectivity index is 0.00000162. The number of benzene rings is 2. The van der Waals surface area contributed by atoms with Crippen molar-refractivity contribution < 1.29 is 39.0 Å². The van der Waals surface area contributed by atoms with Gasteiger partial charge in [0.25, 0.3) is 0 Å². The van der Waals surface area contributed by atoms with Crippen molar-refractivity contribution in [2.45, 2.75) is 0 Å². The van der Waals surface area contributed by atoms with Gasteiger partial charge in [-0.05, 0) is 24.3 Å². The molecule has 0 atom stereocenters. The molecule has 0 heterocycles. The average molecular weight is 268 g/mol. The molecule has 0 N–H and O–H groups in total. The SMILES string of the molecule is COc1cccc([P-]c2cccc(OC)c2)c1.[Na+]. The fourth-order valence-corrected chi connectivity index (χ4v) is 2.51. The van der Waals surface area contributed by atoms with Gasteiger partial charge in [0.15, 0.2) is 0 Å². The molecule has 4 heteroatoms. The monoisotopic (exact) mass is 268 g/mol. The molecule has 0 aliphatic rings. The summed E-state index contributed by atoms with van der Waals surface area (Å²) in [5.41, 5.74) is 0. The predicted octanol–water partition coefficient (Wildman–Crippen LogP) is -0.395. The van der Waals surface area contributed by atoms with E-state index in [0.29, 0.717) is 0 Å². The molecule has 2 aromatic carbocycles. The smallest absolute Gasteiger partial charge is 0.497 e. The maximum Gasteiger partial charge on any atom is 1.00 e. The van der Waals surface area contributed by atoms with Gasteiger partial charge in [0.1, 0.15) is 11.5 Å². The van der Waals surface area contributed by atoms with Crippen LogP contribution in [0.5, 0.6) is 11.5 Å². The molecule has 0 aromatic heterocycles. The third-order valence-corrected chi connectivity index (χ3v) is 3.44. The van der Waals surface area contributed by atoms with Crippen molar-refractivity contribution in [1.82, 2.24) is 0 Å². The molecular formula is C14H14NaO2P. The number of ether oxygens (including phenoxy) is 2. The van der Waals surface area contributed by atoms with E-state index in [2.05, 4.69) is 12.1 Å². The maximum absolute atomic E-state index is 5.21. The quantitative estimate of drug-likeness (QED) is 0.555. The summed E-state index contributed by atoms with van der Waals surface area (Å²) in [6.07, 6.45) is 0. The van der Waals surface area contributed by atoms with Crippen LogP contribution in [0.4, 0.5) is 0 Å². The van der Waals surface area contributed by atoms with Gasteiger partial charge in [-0.2, -0.15) is 10.6 Å². The molecule has 2 aromatic rings. The zero-order valence-corrected chi connectivity index (χ0v) is 13.8.